The molecule has 20 heavy (non-hydrogen) atoms. The minimum atomic E-state index is -0.0200. The molecule has 0 bridgehead atoms. The standard InChI is InChI=1S/C15H26N4O/c1-5-12-9-13(17-14(16-12)18(3)4)19-8-6-7-15(2,10-19)11-20/h9,20H,5-8,10-11H2,1-4H3/t15-/m1/s1. The van der Waals surface area contributed by atoms with Crippen molar-refractivity contribution in [1.29, 1.82) is 0 Å². The fourth-order valence-corrected chi connectivity index (χ4v) is 2.65. The lowest BCUT2D eigenvalue weighted by molar-refractivity contribution is 0.123. The minimum Gasteiger partial charge on any atom is -0.396 e. The van der Waals surface area contributed by atoms with E-state index in [0.717, 1.165) is 49.8 Å². The van der Waals surface area contributed by atoms with Gasteiger partial charge < -0.3 is 14.9 Å². The molecule has 0 radical (unpaired) electrons. The van der Waals surface area contributed by atoms with E-state index < -0.39 is 0 Å². The van der Waals surface area contributed by atoms with E-state index in [1.165, 1.54) is 0 Å². The van der Waals surface area contributed by atoms with Gasteiger partial charge in [-0.3, -0.25) is 0 Å². The summed E-state index contributed by atoms with van der Waals surface area (Å²) in [6.45, 7) is 6.35. The molecule has 5 nitrogen and oxygen atoms in total. The quantitative estimate of drug-likeness (QED) is 0.908. The maximum atomic E-state index is 9.59. The van der Waals surface area contributed by atoms with E-state index in [9.17, 15) is 5.11 Å². The lowest BCUT2D eigenvalue weighted by Gasteiger charge is -2.40. The van der Waals surface area contributed by atoms with Gasteiger partial charge in [0.25, 0.3) is 0 Å². The smallest absolute Gasteiger partial charge is 0.227 e. The number of anilines is 2. The fraction of sp³-hybridized carbons (Fsp3) is 0.733. The molecule has 0 amide bonds. The first kappa shape index (κ1) is 15.0. The second kappa shape index (κ2) is 5.95. The van der Waals surface area contributed by atoms with Crippen LogP contribution in [0.2, 0.25) is 0 Å². The molecule has 2 rings (SSSR count). The van der Waals surface area contributed by atoms with E-state index in [4.69, 9.17) is 0 Å². The Morgan fingerprint density at radius 2 is 2.15 bits per heavy atom. The van der Waals surface area contributed by atoms with Crippen LogP contribution in [0.25, 0.3) is 0 Å². The molecule has 1 N–H and O–H groups in total. The van der Waals surface area contributed by atoms with Gasteiger partial charge >= 0.3 is 0 Å². The summed E-state index contributed by atoms with van der Waals surface area (Å²) in [6, 6.07) is 2.08. The van der Waals surface area contributed by atoms with Crippen molar-refractivity contribution < 1.29 is 5.11 Å². The number of hydrogen-bond acceptors (Lipinski definition) is 5. The molecule has 5 heteroatoms. The molecule has 1 fully saturated rings. The second-order valence-corrected chi connectivity index (χ2v) is 6.26. The molecule has 1 atom stereocenters. The predicted octanol–water partition coefficient (Wildman–Crippen LogP) is 1.70. The van der Waals surface area contributed by atoms with Gasteiger partial charge in [-0.05, 0) is 19.3 Å². The van der Waals surface area contributed by atoms with E-state index in [1.54, 1.807) is 0 Å². The molecule has 1 aromatic rings. The monoisotopic (exact) mass is 278 g/mol. The first-order valence-corrected chi connectivity index (χ1v) is 7.38. The van der Waals surface area contributed by atoms with Gasteiger partial charge in [-0.25, -0.2) is 4.98 Å². The SMILES string of the molecule is CCc1cc(N2CCC[C@@](C)(CO)C2)nc(N(C)C)n1. The van der Waals surface area contributed by atoms with Crippen molar-refractivity contribution in [3.05, 3.63) is 11.8 Å². The third-order valence-electron chi connectivity index (χ3n) is 4.00. The van der Waals surface area contributed by atoms with Gasteiger partial charge in [0.05, 0.1) is 6.61 Å². The van der Waals surface area contributed by atoms with Crippen LogP contribution in [0.3, 0.4) is 0 Å². The minimum absolute atomic E-state index is 0.0200. The van der Waals surface area contributed by atoms with Gasteiger partial charge in [0.2, 0.25) is 5.95 Å². The lowest BCUT2D eigenvalue weighted by Crippen LogP contribution is -2.44. The Balaban J connectivity index is 2.29. The third-order valence-corrected chi connectivity index (χ3v) is 4.00. The molecule has 1 saturated heterocycles. The number of piperidine rings is 1. The normalized spacial score (nSPS) is 22.9. The number of rotatable bonds is 4. The maximum absolute atomic E-state index is 9.59. The van der Waals surface area contributed by atoms with Crippen LogP contribution in [0, 0.1) is 5.41 Å². The highest BCUT2D eigenvalue weighted by molar-refractivity contribution is 5.46. The molecule has 0 aliphatic carbocycles. The number of hydrogen-bond donors (Lipinski definition) is 1. The summed E-state index contributed by atoms with van der Waals surface area (Å²) < 4.78 is 0. The molecule has 1 aromatic heterocycles. The second-order valence-electron chi connectivity index (χ2n) is 6.26. The Morgan fingerprint density at radius 3 is 2.75 bits per heavy atom. The van der Waals surface area contributed by atoms with Crippen LogP contribution in [0.4, 0.5) is 11.8 Å². The summed E-state index contributed by atoms with van der Waals surface area (Å²) in [5.74, 6) is 1.75. The molecule has 1 aliphatic rings. The fourth-order valence-electron chi connectivity index (χ4n) is 2.65. The van der Waals surface area contributed by atoms with Gasteiger partial charge in [0, 0.05) is 44.4 Å². The number of aliphatic hydroxyl groups is 1. The van der Waals surface area contributed by atoms with E-state index in [1.807, 2.05) is 19.0 Å². The van der Waals surface area contributed by atoms with Crippen molar-refractivity contribution in [3.63, 3.8) is 0 Å². The third kappa shape index (κ3) is 3.20. The largest absolute Gasteiger partial charge is 0.396 e. The highest BCUT2D eigenvalue weighted by atomic mass is 16.3. The number of nitrogens with zero attached hydrogens (tertiary/aromatic N) is 4. The van der Waals surface area contributed by atoms with E-state index in [0.29, 0.717) is 0 Å². The summed E-state index contributed by atoms with van der Waals surface area (Å²) >= 11 is 0. The topological polar surface area (TPSA) is 52.5 Å². The van der Waals surface area contributed by atoms with E-state index in [-0.39, 0.29) is 12.0 Å². The van der Waals surface area contributed by atoms with Crippen molar-refractivity contribution in [1.82, 2.24) is 9.97 Å². The van der Waals surface area contributed by atoms with Crippen LogP contribution in [0.1, 0.15) is 32.4 Å². The average molecular weight is 278 g/mol. The number of aliphatic hydroxyl groups excluding tert-OH is 1. The molecule has 0 saturated carbocycles. The first-order chi connectivity index (χ1) is 9.47. The summed E-state index contributed by atoms with van der Waals surface area (Å²) in [7, 11) is 3.93. The summed E-state index contributed by atoms with van der Waals surface area (Å²) in [6.07, 6.45) is 3.08. The zero-order chi connectivity index (χ0) is 14.8. The van der Waals surface area contributed by atoms with Crippen molar-refractivity contribution >= 4 is 11.8 Å². The van der Waals surface area contributed by atoms with E-state index >= 15 is 0 Å². The Hall–Kier alpha value is -1.36. The predicted molar refractivity (Wildman–Crippen MR) is 82.4 cm³/mol. The van der Waals surface area contributed by atoms with Crippen LogP contribution in [0.15, 0.2) is 6.07 Å². The van der Waals surface area contributed by atoms with Crippen molar-refractivity contribution in [3.8, 4) is 0 Å². The zero-order valence-corrected chi connectivity index (χ0v) is 13.1. The zero-order valence-electron chi connectivity index (χ0n) is 13.1. The van der Waals surface area contributed by atoms with Crippen molar-refractivity contribution in [2.75, 3.05) is 43.6 Å². The Labute approximate surface area is 121 Å². The highest BCUT2D eigenvalue weighted by Gasteiger charge is 2.31. The molecular weight excluding hydrogens is 252 g/mol. The van der Waals surface area contributed by atoms with Crippen LogP contribution in [0.5, 0.6) is 0 Å². The Kier molecular flexibility index (Phi) is 4.48. The molecular formula is C15H26N4O. The summed E-state index contributed by atoms with van der Waals surface area (Å²) in [5.41, 5.74) is 1.04. The molecule has 1 aliphatic heterocycles. The highest BCUT2D eigenvalue weighted by Crippen LogP contribution is 2.31. The maximum Gasteiger partial charge on any atom is 0.227 e. The molecule has 0 spiro atoms. The van der Waals surface area contributed by atoms with Crippen LogP contribution >= 0.6 is 0 Å². The molecule has 0 aromatic carbocycles. The van der Waals surface area contributed by atoms with Crippen molar-refractivity contribution in [2.45, 2.75) is 33.1 Å². The van der Waals surface area contributed by atoms with Gasteiger partial charge in [0.15, 0.2) is 0 Å². The Bertz CT molecular complexity index is 463. The average Bonchev–Trinajstić information content (AvgIpc) is 2.46. The van der Waals surface area contributed by atoms with Gasteiger partial charge in [-0.2, -0.15) is 4.98 Å². The van der Waals surface area contributed by atoms with Crippen LogP contribution < -0.4 is 9.80 Å². The van der Waals surface area contributed by atoms with E-state index in [2.05, 4.69) is 34.8 Å². The molecule has 0 unspecified atom stereocenters. The van der Waals surface area contributed by atoms with Crippen molar-refractivity contribution in [2.24, 2.45) is 5.41 Å². The lowest BCUT2D eigenvalue weighted by atomic mass is 9.83. The summed E-state index contributed by atoms with van der Waals surface area (Å²) in [5, 5.41) is 9.59. The van der Waals surface area contributed by atoms with Gasteiger partial charge in [0.1, 0.15) is 5.82 Å². The van der Waals surface area contributed by atoms with Gasteiger partial charge in [-0.15, -0.1) is 0 Å². The summed E-state index contributed by atoms with van der Waals surface area (Å²) in [4.78, 5) is 13.4. The van der Waals surface area contributed by atoms with Crippen LogP contribution in [-0.2, 0) is 6.42 Å². The molecule has 2 heterocycles. The van der Waals surface area contributed by atoms with Crippen LogP contribution in [-0.4, -0.2) is 48.9 Å². The first-order valence-electron chi connectivity index (χ1n) is 7.38. The number of aromatic nitrogens is 2. The number of aryl methyl sites for hydroxylation is 1. The molecule has 112 valence electrons. The van der Waals surface area contributed by atoms with Gasteiger partial charge in [-0.1, -0.05) is 13.8 Å². The Morgan fingerprint density at radius 1 is 1.40 bits per heavy atom.